The second kappa shape index (κ2) is 26.3. The molecule has 0 N–H and O–H groups in total. The van der Waals surface area contributed by atoms with Crippen molar-refractivity contribution >= 4 is 91.9 Å². The van der Waals surface area contributed by atoms with Crippen molar-refractivity contribution in [2.24, 2.45) is 0 Å². The van der Waals surface area contributed by atoms with Crippen LogP contribution in [-0.4, -0.2) is 82.2 Å². The third-order valence-corrected chi connectivity index (χ3v) is 16.3. The normalized spacial score (nSPS) is 17.1. The summed E-state index contributed by atoms with van der Waals surface area (Å²) in [4.78, 5) is 74.6. The van der Waals surface area contributed by atoms with Crippen LogP contribution in [0.25, 0.3) is 0 Å². The molecule has 0 aliphatic carbocycles. The van der Waals surface area contributed by atoms with Crippen molar-refractivity contribution in [2.75, 3.05) is 39.2 Å². The maximum absolute atomic E-state index is 6.21. The molecule has 33 heteroatoms. The van der Waals surface area contributed by atoms with Crippen LogP contribution in [0.2, 0.25) is 0 Å². The molecule has 12 aromatic rings. The van der Waals surface area contributed by atoms with Gasteiger partial charge in [-0.15, -0.1) is 60.3 Å². The maximum Gasteiger partial charge on any atom is 0.260 e. The van der Waals surface area contributed by atoms with E-state index in [0.29, 0.717) is 52.6 Å². The van der Waals surface area contributed by atoms with E-state index in [9.17, 15) is 0 Å². The number of rotatable bonds is 6. The van der Waals surface area contributed by atoms with Gasteiger partial charge in [0.15, 0.2) is 47.3 Å². The van der Waals surface area contributed by atoms with Crippen LogP contribution in [-0.2, 0) is 59.4 Å². The smallest absolute Gasteiger partial charge is 0.260 e. The summed E-state index contributed by atoms with van der Waals surface area (Å²) in [6.45, 7) is 9.50. The largest absolute Gasteiger partial charge is 0.639 e. The molecular formula is C67H39N22O8Os3-9. The summed E-state index contributed by atoms with van der Waals surface area (Å²) in [6.07, 6.45) is 22.4. The first-order valence-electron chi connectivity index (χ1n) is 29.7. The fourth-order valence-corrected chi connectivity index (χ4v) is 12.2. The molecule has 498 valence electrons. The zero-order chi connectivity index (χ0) is 63.9. The molecule has 100 heavy (non-hydrogen) atoms. The molecular weight excluding hydrogens is 1810 g/mol. The number of pyridine rings is 2. The van der Waals surface area contributed by atoms with Crippen molar-refractivity contribution in [2.45, 2.75) is 18.4 Å². The van der Waals surface area contributed by atoms with Crippen LogP contribution in [0.4, 0.5) is 91.9 Å². The predicted molar refractivity (Wildman–Crippen MR) is 341 cm³/mol. The van der Waals surface area contributed by atoms with Crippen molar-refractivity contribution in [1.82, 2.24) is 69.8 Å². The van der Waals surface area contributed by atoms with Crippen LogP contribution in [0.15, 0.2) is 184 Å². The molecule has 3 atom stereocenters. The number of ether oxygens (including phenoxy) is 8. The molecule has 10 aliphatic rings. The van der Waals surface area contributed by atoms with E-state index < -0.39 is 0 Å². The topological polar surface area (TPSA) is 280 Å². The molecule has 0 amide bonds. The molecule has 0 saturated heterocycles. The van der Waals surface area contributed by atoms with E-state index in [1.54, 1.807) is 136 Å². The van der Waals surface area contributed by atoms with Crippen molar-refractivity contribution in [3.05, 3.63) is 248 Å². The van der Waals surface area contributed by atoms with Gasteiger partial charge in [0.2, 0.25) is 23.5 Å². The molecule has 0 spiro atoms. The molecule has 10 aliphatic heterocycles. The Balaban J connectivity index is 0.000000103. The third kappa shape index (κ3) is 10.7. The van der Waals surface area contributed by atoms with Gasteiger partial charge >= 0.3 is 0 Å². The van der Waals surface area contributed by atoms with Gasteiger partial charge in [-0.05, 0) is 36.4 Å². The van der Waals surface area contributed by atoms with E-state index in [0.717, 1.165) is 86.0 Å². The van der Waals surface area contributed by atoms with Crippen LogP contribution in [0, 0.1) is 58.6 Å². The predicted octanol–water partition coefficient (Wildman–Crippen LogP) is 10.4. The summed E-state index contributed by atoms with van der Waals surface area (Å²) in [5.74, 6) is 9.54. The maximum atomic E-state index is 6.21. The Bertz CT molecular complexity index is 4440. The van der Waals surface area contributed by atoms with Gasteiger partial charge in [-0.2, -0.15) is 18.2 Å². The number of nitrogens with zero attached hydrogens (tertiary/aromatic N) is 22. The standard InChI is InChI=1S/C18H11N4O2.C17H10N6O2.2C16H9N6O2.3Os/c1-4-13(21-11-23-15-6-2-8-19-17(15)21)10-14(5-1)22-12-24-16-7-3-9-20-18(16)22;1-2-8-11-9(3-1)23-14-15(20-5-4-19-14)25-17(23)12(11)16-22(8)13-10(24-16)6-18-7-21-13;1-2-11(21-9-23-15-13(21)17-4-6-19-15)8-12(3-1)22-10-24-16-14(22)18-5-7-20-16;1-2-11(21-9-23-15-13(21)7-17-8-20-15)6-12(3-1)22-10-24-16-14(22)18-4-5-19-16;;;/h1-9,11-12H;1-7,12,16-17H;1-7,9-10H;1-5,7-10H;;;/q-3;;2*-3;;;. The van der Waals surface area contributed by atoms with E-state index in [1.165, 1.54) is 11.9 Å². The summed E-state index contributed by atoms with van der Waals surface area (Å²) < 4.78 is 45.2. The molecule has 22 rings (SSSR count). The van der Waals surface area contributed by atoms with Crippen molar-refractivity contribution in [3.8, 4) is 46.6 Å². The Morgan fingerprint density at radius 1 is 0.300 bits per heavy atom. The van der Waals surface area contributed by atoms with Gasteiger partial charge in [-0.3, -0.25) is 9.80 Å². The van der Waals surface area contributed by atoms with Gasteiger partial charge < -0.3 is 67.3 Å². The number of fused-ring (bicyclic) bond motifs is 16. The van der Waals surface area contributed by atoms with Crippen molar-refractivity contribution in [1.29, 1.82) is 0 Å². The second-order valence-corrected chi connectivity index (χ2v) is 21.6. The van der Waals surface area contributed by atoms with Gasteiger partial charge in [0.1, 0.15) is 41.7 Å². The second-order valence-electron chi connectivity index (χ2n) is 21.6. The minimum atomic E-state index is -0.217. The molecule has 8 aromatic heterocycles. The van der Waals surface area contributed by atoms with Gasteiger partial charge in [0.25, 0.3) is 5.88 Å². The molecule has 0 fully saturated rings. The summed E-state index contributed by atoms with van der Waals surface area (Å²) in [6, 6.07) is 41.0. The van der Waals surface area contributed by atoms with Gasteiger partial charge in [-0.25, -0.2) is 69.8 Å². The third-order valence-electron chi connectivity index (χ3n) is 16.3. The minimum absolute atomic E-state index is 0. The molecule has 30 nitrogen and oxygen atoms in total. The fourth-order valence-electron chi connectivity index (χ4n) is 12.2. The average molecular weight is 1850 g/mol. The SMILES string of the molecule is [Os].[Os].[Os].[c-]1c(N2[CH-]Oc3cccnc32)cccc1N1[CH-]Oc2cccnc21.[c-]1c(N2[CH-]Oc3nccnc32)cccc1N1[CH-]Oc2nccnc21.[c-]1c(N2[CH-]Oc3ncncc32)cccc1N1[CH-]Oc2nccnc21.c1cc2c3c(c1)N1c4nccnc4OC1C3C1Oc3cncnc3N21. The first kappa shape index (κ1) is 63.1. The quantitative estimate of drug-likeness (QED) is 0.140. The van der Waals surface area contributed by atoms with Gasteiger partial charge in [0, 0.05) is 127 Å². The first-order chi connectivity index (χ1) is 48.1. The Morgan fingerprint density at radius 3 is 1.22 bits per heavy atom. The summed E-state index contributed by atoms with van der Waals surface area (Å²) in [7, 11) is 0. The zero-order valence-corrected chi connectivity index (χ0v) is 58.3. The Hall–Kier alpha value is -11.6. The van der Waals surface area contributed by atoms with E-state index in [1.807, 2.05) is 99.6 Å². The van der Waals surface area contributed by atoms with E-state index >= 15 is 0 Å². The molecule has 3 unspecified atom stereocenters. The Kier molecular flexibility index (Phi) is 16.6. The molecule has 0 radical (unpaired) electrons. The zero-order valence-electron chi connectivity index (χ0n) is 50.7. The van der Waals surface area contributed by atoms with Gasteiger partial charge in [-0.1, -0.05) is 74.9 Å². The van der Waals surface area contributed by atoms with E-state index in [2.05, 4.69) is 110 Å². The van der Waals surface area contributed by atoms with Crippen LogP contribution in [0.1, 0.15) is 11.5 Å². The number of aromatic nitrogens is 14. The molecule has 0 saturated carbocycles. The summed E-state index contributed by atoms with van der Waals surface area (Å²) in [5, 5.41) is 0. The van der Waals surface area contributed by atoms with Crippen molar-refractivity contribution < 1.29 is 97.3 Å². The van der Waals surface area contributed by atoms with Crippen LogP contribution in [0.5, 0.6) is 46.6 Å². The monoisotopic (exact) mass is 1860 g/mol. The first-order valence-corrected chi connectivity index (χ1v) is 29.7. The average Bonchev–Trinajstić information content (AvgIpc) is 1.52. The Labute approximate surface area is 607 Å². The number of hydrogen-bond acceptors (Lipinski definition) is 30. The summed E-state index contributed by atoms with van der Waals surface area (Å²) >= 11 is 0. The van der Waals surface area contributed by atoms with E-state index in [-0.39, 0.29) is 77.7 Å². The molecule has 4 aromatic carbocycles. The Morgan fingerprint density at radius 2 is 0.690 bits per heavy atom. The van der Waals surface area contributed by atoms with Gasteiger partial charge in [0.05, 0.1) is 29.5 Å². The van der Waals surface area contributed by atoms with Crippen LogP contribution in [0.3, 0.4) is 0 Å². The fraction of sp³-hybridized carbons (Fsp3) is 0.0448. The van der Waals surface area contributed by atoms with Crippen LogP contribution >= 0.6 is 0 Å². The van der Waals surface area contributed by atoms with Crippen molar-refractivity contribution in [3.63, 3.8) is 0 Å². The summed E-state index contributed by atoms with van der Waals surface area (Å²) in [5.41, 5.74) is 8.90. The number of hydrogen-bond donors (Lipinski definition) is 0. The number of benzene rings is 4. The van der Waals surface area contributed by atoms with E-state index in [4.69, 9.17) is 37.9 Å². The molecule has 18 heterocycles. The van der Waals surface area contributed by atoms with Crippen LogP contribution < -0.4 is 77.1 Å². The molecule has 0 bridgehead atoms. The minimum Gasteiger partial charge on any atom is -0.639 e. The number of anilines is 16.